The summed E-state index contributed by atoms with van der Waals surface area (Å²) >= 11 is 0. The van der Waals surface area contributed by atoms with Gasteiger partial charge in [-0.05, 0) is 24.3 Å². The Bertz CT molecular complexity index is 712. The van der Waals surface area contributed by atoms with E-state index in [9.17, 15) is 14.4 Å². The molecule has 0 bridgehead atoms. The number of anilines is 1. The molecule has 2 amide bonds. The molecule has 126 valence electrons. The number of carbonyl (C=O) groups is 3. The zero-order chi connectivity index (χ0) is 17.4. The van der Waals surface area contributed by atoms with E-state index in [1.54, 1.807) is 42.7 Å². The molecule has 0 radical (unpaired) electrons. The van der Waals surface area contributed by atoms with Gasteiger partial charge in [-0.25, -0.2) is 4.79 Å². The Morgan fingerprint density at radius 1 is 1.08 bits per heavy atom. The van der Waals surface area contributed by atoms with Crippen molar-refractivity contribution in [3.05, 3.63) is 54.0 Å². The van der Waals surface area contributed by atoms with E-state index >= 15 is 0 Å². The molecule has 0 unspecified atom stereocenters. The van der Waals surface area contributed by atoms with Crippen molar-refractivity contribution in [3.63, 3.8) is 0 Å². The first kappa shape index (κ1) is 17.1. The van der Waals surface area contributed by atoms with E-state index in [0.717, 1.165) is 0 Å². The smallest absolute Gasteiger partial charge is 0.340 e. The topological polar surface area (TPSA) is 110 Å². The molecule has 0 saturated heterocycles. The number of amides is 2. The lowest BCUT2D eigenvalue weighted by atomic mass is 10.2. The Morgan fingerprint density at radius 3 is 2.58 bits per heavy atom. The third-order valence-electron chi connectivity index (χ3n) is 2.89. The van der Waals surface area contributed by atoms with Gasteiger partial charge < -0.3 is 14.5 Å². The molecule has 8 nitrogen and oxygen atoms in total. The second kappa shape index (κ2) is 8.37. The quantitative estimate of drug-likeness (QED) is 0.542. The van der Waals surface area contributed by atoms with Crippen molar-refractivity contribution in [2.75, 3.05) is 11.9 Å². The normalized spacial score (nSPS) is 9.88. The molecule has 0 spiro atoms. The van der Waals surface area contributed by atoms with Crippen molar-refractivity contribution < 1.29 is 23.5 Å². The van der Waals surface area contributed by atoms with Crippen molar-refractivity contribution in [1.82, 2.24) is 10.9 Å². The van der Waals surface area contributed by atoms with E-state index in [1.807, 2.05) is 0 Å². The molecular formula is C16H17N3O5. The first-order valence-corrected chi connectivity index (χ1v) is 7.14. The summed E-state index contributed by atoms with van der Waals surface area (Å²) in [5.41, 5.74) is 5.05. The van der Waals surface area contributed by atoms with E-state index in [4.69, 9.17) is 9.15 Å². The minimum Gasteiger partial charge on any atom is -0.467 e. The van der Waals surface area contributed by atoms with Gasteiger partial charge in [0.15, 0.2) is 6.61 Å². The minimum absolute atomic E-state index is 0.288. The zero-order valence-electron chi connectivity index (χ0n) is 13.0. The second-order valence-electron chi connectivity index (χ2n) is 4.78. The van der Waals surface area contributed by atoms with Gasteiger partial charge in [-0.2, -0.15) is 0 Å². The van der Waals surface area contributed by atoms with Crippen LogP contribution in [0.25, 0.3) is 0 Å². The van der Waals surface area contributed by atoms with E-state index in [-0.39, 0.29) is 5.56 Å². The standard InChI is InChI=1S/C16H17N3O5/c1-11(20)18-19-15(21)10-24-16(22)13-6-2-3-7-14(13)17-9-12-5-4-8-23-12/h2-8,17H,9-10H2,1H3,(H,18,20)(H,19,21). The molecule has 24 heavy (non-hydrogen) atoms. The summed E-state index contributed by atoms with van der Waals surface area (Å²) in [5.74, 6) is -1.01. The van der Waals surface area contributed by atoms with Crippen LogP contribution in [0.2, 0.25) is 0 Å². The minimum atomic E-state index is -0.657. The summed E-state index contributed by atoms with van der Waals surface area (Å²) in [6.45, 7) is 1.14. The lowest BCUT2D eigenvalue weighted by molar-refractivity contribution is -0.129. The van der Waals surface area contributed by atoms with Crippen LogP contribution in [0.4, 0.5) is 5.69 Å². The SMILES string of the molecule is CC(=O)NNC(=O)COC(=O)c1ccccc1NCc1ccco1. The summed E-state index contributed by atoms with van der Waals surface area (Å²) in [6.07, 6.45) is 1.56. The van der Waals surface area contributed by atoms with Gasteiger partial charge in [-0.1, -0.05) is 12.1 Å². The van der Waals surface area contributed by atoms with Gasteiger partial charge in [0.25, 0.3) is 5.91 Å². The maximum Gasteiger partial charge on any atom is 0.340 e. The predicted molar refractivity (Wildman–Crippen MR) is 84.7 cm³/mol. The summed E-state index contributed by atoms with van der Waals surface area (Å²) in [6, 6.07) is 10.3. The molecule has 2 aromatic rings. The second-order valence-corrected chi connectivity index (χ2v) is 4.78. The molecule has 8 heteroatoms. The number of ether oxygens (including phenoxy) is 1. The van der Waals surface area contributed by atoms with Gasteiger partial charge >= 0.3 is 5.97 Å². The summed E-state index contributed by atoms with van der Waals surface area (Å²) in [5, 5.41) is 3.07. The Kier molecular flexibility index (Phi) is 5.95. The fraction of sp³-hybridized carbons (Fsp3) is 0.188. The van der Waals surface area contributed by atoms with Crippen LogP contribution in [0, 0.1) is 0 Å². The Labute approximate surface area is 138 Å². The van der Waals surface area contributed by atoms with E-state index < -0.39 is 24.4 Å². The molecular weight excluding hydrogens is 314 g/mol. The van der Waals surface area contributed by atoms with Crippen molar-refractivity contribution in [2.24, 2.45) is 0 Å². The number of nitrogens with one attached hydrogen (secondary N) is 3. The van der Waals surface area contributed by atoms with Gasteiger partial charge in [0, 0.05) is 12.6 Å². The molecule has 2 rings (SSSR count). The molecule has 0 fully saturated rings. The van der Waals surface area contributed by atoms with E-state index in [1.165, 1.54) is 6.92 Å². The highest BCUT2D eigenvalue weighted by atomic mass is 16.5. The fourth-order valence-electron chi connectivity index (χ4n) is 1.81. The third kappa shape index (κ3) is 5.16. The lowest BCUT2D eigenvalue weighted by Gasteiger charge is -2.11. The van der Waals surface area contributed by atoms with Gasteiger partial charge in [0.2, 0.25) is 5.91 Å². The highest BCUT2D eigenvalue weighted by molar-refractivity contribution is 5.96. The zero-order valence-corrected chi connectivity index (χ0v) is 13.0. The lowest BCUT2D eigenvalue weighted by Crippen LogP contribution is -2.42. The number of esters is 1. The molecule has 1 aromatic carbocycles. The number of rotatable bonds is 6. The van der Waals surface area contributed by atoms with Crippen LogP contribution in [0.3, 0.4) is 0 Å². The van der Waals surface area contributed by atoms with Gasteiger partial charge in [-0.15, -0.1) is 0 Å². The molecule has 0 aliphatic rings. The number of benzene rings is 1. The average Bonchev–Trinajstić information content (AvgIpc) is 3.09. The largest absolute Gasteiger partial charge is 0.467 e. The Morgan fingerprint density at radius 2 is 1.88 bits per heavy atom. The summed E-state index contributed by atoms with van der Waals surface area (Å²) in [7, 11) is 0. The molecule has 1 heterocycles. The average molecular weight is 331 g/mol. The highest BCUT2D eigenvalue weighted by Gasteiger charge is 2.14. The van der Waals surface area contributed by atoms with Gasteiger partial charge in [0.05, 0.1) is 18.4 Å². The summed E-state index contributed by atoms with van der Waals surface area (Å²) in [4.78, 5) is 34.2. The molecule has 0 aliphatic carbocycles. The van der Waals surface area contributed by atoms with Crippen LogP contribution in [0.1, 0.15) is 23.0 Å². The highest BCUT2D eigenvalue weighted by Crippen LogP contribution is 2.17. The maximum atomic E-state index is 12.1. The monoisotopic (exact) mass is 331 g/mol. The Hall–Kier alpha value is -3.29. The van der Waals surface area contributed by atoms with Crippen LogP contribution in [0.5, 0.6) is 0 Å². The predicted octanol–water partition coefficient (Wildman–Crippen LogP) is 1.22. The molecule has 3 N–H and O–H groups in total. The number of carbonyl (C=O) groups excluding carboxylic acids is 3. The third-order valence-corrected chi connectivity index (χ3v) is 2.89. The van der Waals surface area contributed by atoms with Crippen molar-refractivity contribution >= 4 is 23.5 Å². The van der Waals surface area contributed by atoms with E-state index in [0.29, 0.717) is 18.0 Å². The first-order chi connectivity index (χ1) is 11.6. The van der Waals surface area contributed by atoms with E-state index in [2.05, 4.69) is 16.2 Å². The van der Waals surface area contributed by atoms with Crippen LogP contribution < -0.4 is 16.2 Å². The number of para-hydroxylation sites is 1. The molecule has 1 aromatic heterocycles. The maximum absolute atomic E-state index is 12.1. The molecule has 0 aliphatic heterocycles. The molecule has 0 atom stereocenters. The summed E-state index contributed by atoms with van der Waals surface area (Å²) < 4.78 is 10.1. The van der Waals surface area contributed by atoms with Crippen LogP contribution in [0.15, 0.2) is 47.1 Å². The van der Waals surface area contributed by atoms with Gasteiger partial charge in [-0.3, -0.25) is 20.4 Å². The first-order valence-electron chi connectivity index (χ1n) is 7.14. The number of hydrazine groups is 1. The van der Waals surface area contributed by atoms with Crippen LogP contribution >= 0.6 is 0 Å². The number of hydrogen-bond donors (Lipinski definition) is 3. The van der Waals surface area contributed by atoms with Crippen molar-refractivity contribution in [3.8, 4) is 0 Å². The molecule has 0 saturated carbocycles. The van der Waals surface area contributed by atoms with Gasteiger partial charge in [0.1, 0.15) is 5.76 Å². The van der Waals surface area contributed by atoms with Crippen molar-refractivity contribution in [1.29, 1.82) is 0 Å². The number of hydrogen-bond acceptors (Lipinski definition) is 6. The van der Waals surface area contributed by atoms with Crippen LogP contribution in [-0.2, 0) is 20.9 Å². The fourth-order valence-corrected chi connectivity index (χ4v) is 1.81. The Balaban J connectivity index is 1.91. The van der Waals surface area contributed by atoms with Crippen molar-refractivity contribution in [2.45, 2.75) is 13.5 Å². The number of furan rings is 1. The van der Waals surface area contributed by atoms with Crippen LogP contribution in [-0.4, -0.2) is 24.4 Å².